The van der Waals surface area contributed by atoms with Crippen LogP contribution in [0.15, 0.2) is 29.1 Å². The molecule has 4 heteroatoms. The van der Waals surface area contributed by atoms with Gasteiger partial charge < -0.3 is 0 Å². The van der Waals surface area contributed by atoms with Gasteiger partial charge in [0.1, 0.15) is 5.82 Å². The highest BCUT2D eigenvalue weighted by Crippen LogP contribution is 2.33. The number of hydrogen-bond acceptors (Lipinski definition) is 2. The van der Waals surface area contributed by atoms with Gasteiger partial charge in [-0.2, -0.15) is 0 Å². The van der Waals surface area contributed by atoms with Crippen LogP contribution in [-0.4, -0.2) is 9.55 Å². The first-order valence-corrected chi connectivity index (χ1v) is 8.17. The highest BCUT2D eigenvalue weighted by molar-refractivity contribution is 6.20. The molecule has 1 aromatic carbocycles. The van der Waals surface area contributed by atoms with Gasteiger partial charge in [-0.15, -0.1) is 11.6 Å². The van der Waals surface area contributed by atoms with Crippen molar-refractivity contribution in [1.82, 2.24) is 9.55 Å². The van der Waals surface area contributed by atoms with Crippen LogP contribution < -0.4 is 5.56 Å². The van der Waals surface area contributed by atoms with Gasteiger partial charge in [-0.1, -0.05) is 31.9 Å². The summed E-state index contributed by atoms with van der Waals surface area (Å²) in [6.07, 6.45) is 4.50. The van der Waals surface area contributed by atoms with Gasteiger partial charge in [0, 0.05) is 6.04 Å². The quantitative estimate of drug-likeness (QED) is 0.768. The van der Waals surface area contributed by atoms with E-state index in [0.29, 0.717) is 17.1 Å². The number of hydrogen-bond donors (Lipinski definition) is 0. The standard InChI is InChI=1S/C17H21ClN2O/c1-11-6-5-7-13(10-11)20-16(12(2)18)19-15-9-4-3-8-14(15)17(20)21/h3-4,8-9,11-13H,5-7,10H2,1-2H3. The van der Waals surface area contributed by atoms with Crippen LogP contribution >= 0.6 is 11.6 Å². The maximum atomic E-state index is 12.9. The molecular weight excluding hydrogens is 284 g/mol. The first kappa shape index (κ1) is 14.6. The molecule has 0 saturated heterocycles. The molecule has 21 heavy (non-hydrogen) atoms. The molecule has 1 fully saturated rings. The molecule has 1 aromatic heterocycles. The molecular formula is C17H21ClN2O. The predicted molar refractivity (Wildman–Crippen MR) is 86.9 cm³/mol. The SMILES string of the molecule is CC1CCCC(n2c(C(C)Cl)nc3ccccc3c2=O)C1. The predicted octanol–water partition coefficient (Wildman–Crippen LogP) is 4.45. The van der Waals surface area contributed by atoms with Crippen molar-refractivity contribution in [3.8, 4) is 0 Å². The van der Waals surface area contributed by atoms with Crippen molar-refractivity contribution in [2.45, 2.75) is 50.9 Å². The average molecular weight is 305 g/mol. The highest BCUT2D eigenvalue weighted by Gasteiger charge is 2.25. The van der Waals surface area contributed by atoms with E-state index in [1.165, 1.54) is 12.8 Å². The average Bonchev–Trinajstić information content (AvgIpc) is 2.47. The zero-order chi connectivity index (χ0) is 15.0. The molecule has 1 heterocycles. The largest absolute Gasteiger partial charge is 0.292 e. The number of fused-ring (bicyclic) bond motifs is 1. The normalized spacial score (nSPS) is 24.1. The molecule has 0 bridgehead atoms. The lowest BCUT2D eigenvalue weighted by molar-refractivity contribution is 0.272. The highest BCUT2D eigenvalue weighted by atomic mass is 35.5. The minimum absolute atomic E-state index is 0.0576. The first-order chi connectivity index (χ1) is 10.1. The van der Waals surface area contributed by atoms with Crippen molar-refractivity contribution >= 4 is 22.5 Å². The van der Waals surface area contributed by atoms with Crippen LogP contribution in [-0.2, 0) is 0 Å². The fourth-order valence-electron chi connectivity index (χ4n) is 3.43. The van der Waals surface area contributed by atoms with E-state index in [0.717, 1.165) is 18.4 Å². The van der Waals surface area contributed by atoms with Crippen LogP contribution in [0.25, 0.3) is 10.9 Å². The van der Waals surface area contributed by atoms with Gasteiger partial charge >= 0.3 is 0 Å². The van der Waals surface area contributed by atoms with Crippen LogP contribution in [0.4, 0.5) is 0 Å². The minimum Gasteiger partial charge on any atom is -0.292 e. The third-order valence-corrected chi connectivity index (χ3v) is 4.66. The van der Waals surface area contributed by atoms with E-state index < -0.39 is 0 Å². The Bertz CT molecular complexity index is 707. The van der Waals surface area contributed by atoms with Gasteiger partial charge in [-0.3, -0.25) is 9.36 Å². The van der Waals surface area contributed by atoms with E-state index >= 15 is 0 Å². The van der Waals surface area contributed by atoms with E-state index in [2.05, 4.69) is 11.9 Å². The molecule has 0 amide bonds. The molecule has 0 spiro atoms. The molecule has 1 aliphatic rings. The van der Waals surface area contributed by atoms with Crippen LogP contribution in [0, 0.1) is 5.92 Å². The zero-order valence-corrected chi connectivity index (χ0v) is 13.3. The summed E-state index contributed by atoms with van der Waals surface area (Å²) in [5.74, 6) is 1.36. The van der Waals surface area contributed by atoms with Gasteiger partial charge in [-0.05, 0) is 37.8 Å². The number of aromatic nitrogens is 2. The summed E-state index contributed by atoms with van der Waals surface area (Å²) in [7, 11) is 0. The molecule has 112 valence electrons. The van der Waals surface area contributed by atoms with Gasteiger partial charge in [0.2, 0.25) is 0 Å². The van der Waals surface area contributed by atoms with Crippen molar-refractivity contribution in [2.24, 2.45) is 5.92 Å². The smallest absolute Gasteiger partial charge is 0.261 e. The molecule has 0 N–H and O–H groups in total. The fourth-order valence-corrected chi connectivity index (χ4v) is 3.59. The second kappa shape index (κ2) is 5.80. The molecule has 3 atom stereocenters. The van der Waals surface area contributed by atoms with E-state index in [1.54, 1.807) is 0 Å². The lowest BCUT2D eigenvalue weighted by Crippen LogP contribution is -2.32. The Morgan fingerprint density at radius 1 is 1.33 bits per heavy atom. The monoisotopic (exact) mass is 304 g/mol. The van der Waals surface area contributed by atoms with E-state index in [9.17, 15) is 4.79 Å². The van der Waals surface area contributed by atoms with Crippen LogP contribution in [0.5, 0.6) is 0 Å². The number of nitrogens with zero attached hydrogens (tertiary/aromatic N) is 2. The van der Waals surface area contributed by atoms with Crippen LogP contribution in [0.1, 0.15) is 56.8 Å². The van der Waals surface area contributed by atoms with E-state index in [1.807, 2.05) is 35.8 Å². The summed E-state index contributed by atoms with van der Waals surface area (Å²) in [6, 6.07) is 7.77. The summed E-state index contributed by atoms with van der Waals surface area (Å²) in [5, 5.41) is 0.427. The number of halogens is 1. The van der Waals surface area contributed by atoms with Crippen molar-refractivity contribution in [1.29, 1.82) is 0 Å². The van der Waals surface area contributed by atoms with Gasteiger partial charge in [0.05, 0.1) is 16.3 Å². The van der Waals surface area contributed by atoms with Gasteiger partial charge in [-0.25, -0.2) is 4.98 Å². The molecule has 0 aliphatic heterocycles. The molecule has 1 aliphatic carbocycles. The van der Waals surface area contributed by atoms with Gasteiger partial charge in [0.15, 0.2) is 0 Å². The fraction of sp³-hybridized carbons (Fsp3) is 0.529. The zero-order valence-electron chi connectivity index (χ0n) is 12.6. The first-order valence-electron chi connectivity index (χ1n) is 7.73. The Labute approximate surface area is 130 Å². The maximum absolute atomic E-state index is 12.9. The van der Waals surface area contributed by atoms with Crippen molar-refractivity contribution in [3.63, 3.8) is 0 Å². The third kappa shape index (κ3) is 2.71. The molecule has 1 saturated carbocycles. The summed E-state index contributed by atoms with van der Waals surface area (Å²) in [6.45, 7) is 4.15. The summed E-state index contributed by atoms with van der Waals surface area (Å²) in [5.41, 5.74) is 0.798. The van der Waals surface area contributed by atoms with Crippen molar-refractivity contribution < 1.29 is 0 Å². The maximum Gasteiger partial charge on any atom is 0.261 e. The molecule has 3 rings (SSSR count). The van der Waals surface area contributed by atoms with Gasteiger partial charge in [0.25, 0.3) is 5.56 Å². The Balaban J connectivity index is 2.21. The summed E-state index contributed by atoms with van der Waals surface area (Å²) < 4.78 is 1.87. The lowest BCUT2D eigenvalue weighted by atomic mass is 9.86. The number of benzene rings is 1. The lowest BCUT2D eigenvalue weighted by Gasteiger charge is -2.30. The third-order valence-electron chi connectivity index (χ3n) is 4.46. The summed E-state index contributed by atoms with van der Waals surface area (Å²) in [4.78, 5) is 17.6. The van der Waals surface area contributed by atoms with Crippen LogP contribution in [0.3, 0.4) is 0 Å². The Kier molecular flexibility index (Phi) is 4.03. The van der Waals surface area contributed by atoms with E-state index in [4.69, 9.17) is 11.6 Å². The Hall–Kier alpha value is -1.35. The Morgan fingerprint density at radius 2 is 2.10 bits per heavy atom. The summed E-state index contributed by atoms with van der Waals surface area (Å²) >= 11 is 6.31. The number of rotatable bonds is 2. The molecule has 0 radical (unpaired) electrons. The van der Waals surface area contributed by atoms with Crippen molar-refractivity contribution in [3.05, 3.63) is 40.4 Å². The Morgan fingerprint density at radius 3 is 2.81 bits per heavy atom. The van der Waals surface area contributed by atoms with Crippen molar-refractivity contribution in [2.75, 3.05) is 0 Å². The molecule has 3 nitrogen and oxygen atoms in total. The second-order valence-electron chi connectivity index (χ2n) is 6.20. The van der Waals surface area contributed by atoms with E-state index in [-0.39, 0.29) is 17.0 Å². The second-order valence-corrected chi connectivity index (χ2v) is 6.86. The molecule has 3 unspecified atom stereocenters. The topological polar surface area (TPSA) is 34.9 Å². The molecule has 2 aromatic rings. The number of para-hydroxylation sites is 1. The minimum atomic E-state index is -0.264. The number of alkyl halides is 1. The van der Waals surface area contributed by atoms with Crippen LogP contribution in [0.2, 0.25) is 0 Å².